The molecule has 312 valence electrons. The van der Waals surface area contributed by atoms with E-state index in [-0.39, 0.29) is 5.41 Å². The lowest BCUT2D eigenvalue weighted by molar-refractivity contribution is 0.661. The summed E-state index contributed by atoms with van der Waals surface area (Å²) < 4.78 is 2.29. The fourth-order valence-corrected chi connectivity index (χ4v) is 10.2. The third-order valence-corrected chi connectivity index (χ3v) is 13.2. The molecule has 0 bridgehead atoms. The van der Waals surface area contributed by atoms with Crippen LogP contribution in [-0.2, 0) is 5.41 Å². The molecule has 1 aliphatic rings. The topological polar surface area (TPSA) is 43.6 Å². The highest BCUT2D eigenvalue weighted by Gasteiger charge is 2.37. The van der Waals surface area contributed by atoms with Crippen LogP contribution in [0, 0.1) is 0 Å². The maximum absolute atomic E-state index is 5.45. The molecule has 4 heteroatoms. The van der Waals surface area contributed by atoms with Gasteiger partial charge in [0, 0.05) is 38.3 Å². The maximum Gasteiger partial charge on any atom is 0.238 e. The molecule has 12 rings (SSSR count). The van der Waals surface area contributed by atoms with Crippen LogP contribution in [0.1, 0.15) is 56.4 Å². The number of hydrogen-bond acceptors (Lipinski definition) is 3. The van der Waals surface area contributed by atoms with Crippen molar-refractivity contribution in [3.8, 4) is 51.0 Å². The van der Waals surface area contributed by atoms with Crippen LogP contribution in [-0.4, -0.2) is 19.5 Å². The molecule has 0 N–H and O–H groups in total. The Morgan fingerprint density at radius 3 is 1.85 bits per heavy atom. The Bertz CT molecular complexity index is 3720. The van der Waals surface area contributed by atoms with Crippen molar-refractivity contribution >= 4 is 66.3 Å². The lowest BCUT2D eigenvalue weighted by Gasteiger charge is -2.22. The molecular weight excluding hydrogens is 789 g/mol. The molecule has 0 radical (unpaired) electrons. The molecule has 1 aliphatic carbocycles. The average Bonchev–Trinajstić information content (AvgIpc) is 3.82. The molecule has 4 nitrogen and oxygen atoms in total. The minimum absolute atomic E-state index is 0.204. The Morgan fingerprint density at radius 2 is 1.09 bits per heavy atom. The van der Waals surface area contributed by atoms with Crippen LogP contribution in [0.2, 0.25) is 0 Å². The van der Waals surface area contributed by atoms with Crippen molar-refractivity contribution in [2.75, 3.05) is 0 Å². The molecule has 2 heterocycles. The summed E-state index contributed by atoms with van der Waals surface area (Å²) in [5.74, 6) is 1.75. The predicted octanol–water partition coefficient (Wildman–Crippen LogP) is 16.4. The largest absolute Gasteiger partial charge is 0.277 e. The standard InChI is InChI=1S/C58H40N4.C3H8/c1-5-41-42(6-2)52-48-26-16-25-44(39-29-31-47-50(34-39)58(3,4)49-32-30-36-18-12-13-22-43(36)51(47)49)53(48)62(54(52)46-24-15-14-23-45(41)46)57-60-55(37-19-8-7-9-20-37)59-56(61-57)40-28-27-35-17-10-11-21-38(35)33-40;1-3-2/h5-34H,1-2H2,3-4H3;3H2,1-2H3. The maximum atomic E-state index is 5.45. The highest BCUT2D eigenvalue weighted by atomic mass is 15.2. The van der Waals surface area contributed by atoms with Crippen molar-refractivity contribution in [1.29, 1.82) is 0 Å². The zero-order chi connectivity index (χ0) is 44.4. The molecule has 9 aromatic carbocycles. The van der Waals surface area contributed by atoms with Gasteiger partial charge in [-0.25, -0.2) is 4.98 Å². The number of aromatic nitrogens is 4. The van der Waals surface area contributed by atoms with E-state index in [9.17, 15) is 0 Å². The van der Waals surface area contributed by atoms with Crippen molar-refractivity contribution in [3.05, 3.63) is 205 Å². The highest BCUT2D eigenvalue weighted by Crippen LogP contribution is 2.53. The summed E-state index contributed by atoms with van der Waals surface area (Å²) >= 11 is 0. The first-order valence-corrected chi connectivity index (χ1v) is 22.6. The molecule has 0 saturated heterocycles. The number of hydrogen-bond donors (Lipinski definition) is 0. The van der Waals surface area contributed by atoms with Gasteiger partial charge in [-0.15, -0.1) is 0 Å². The van der Waals surface area contributed by atoms with E-state index in [1.54, 1.807) is 0 Å². The van der Waals surface area contributed by atoms with E-state index in [1.165, 1.54) is 39.4 Å². The first-order valence-electron chi connectivity index (χ1n) is 22.6. The second-order valence-corrected chi connectivity index (χ2v) is 17.6. The Labute approximate surface area is 379 Å². The summed E-state index contributed by atoms with van der Waals surface area (Å²) in [4.78, 5) is 16.0. The third kappa shape index (κ3) is 6.24. The van der Waals surface area contributed by atoms with E-state index in [1.807, 2.05) is 30.4 Å². The summed E-state index contributed by atoms with van der Waals surface area (Å²) in [7, 11) is 0. The summed E-state index contributed by atoms with van der Waals surface area (Å²) in [5, 5.41) is 9.18. The van der Waals surface area contributed by atoms with Gasteiger partial charge >= 0.3 is 0 Å². The van der Waals surface area contributed by atoms with Crippen molar-refractivity contribution in [1.82, 2.24) is 19.5 Å². The zero-order valence-electron chi connectivity index (χ0n) is 37.2. The first kappa shape index (κ1) is 39.9. The average molecular weight is 837 g/mol. The van der Waals surface area contributed by atoms with Crippen molar-refractivity contribution in [3.63, 3.8) is 0 Å². The molecule has 0 aliphatic heterocycles. The molecule has 2 aromatic heterocycles. The number of rotatable bonds is 6. The summed E-state index contributed by atoms with van der Waals surface area (Å²) in [6, 6.07) is 60.7. The van der Waals surface area contributed by atoms with Gasteiger partial charge < -0.3 is 0 Å². The van der Waals surface area contributed by atoms with Gasteiger partial charge in [-0.2, -0.15) is 9.97 Å². The monoisotopic (exact) mass is 836 g/mol. The van der Waals surface area contributed by atoms with Gasteiger partial charge in [0.05, 0.1) is 11.0 Å². The van der Waals surface area contributed by atoms with Crippen molar-refractivity contribution < 1.29 is 0 Å². The SMILES string of the molecule is C=Cc1c(C=C)c2c3cccc(-c4ccc5c(c4)C(C)(C)c4ccc6ccccc6c4-5)c3n(-c3nc(-c4ccccc4)nc(-c4ccc5ccccc5c4)n3)c2c2ccccc12.CCC. The van der Waals surface area contributed by atoms with Crippen LogP contribution in [0.4, 0.5) is 0 Å². The van der Waals surface area contributed by atoms with Gasteiger partial charge in [-0.3, -0.25) is 4.57 Å². The molecule has 0 saturated carbocycles. The zero-order valence-corrected chi connectivity index (χ0v) is 37.2. The predicted molar refractivity (Wildman–Crippen MR) is 277 cm³/mol. The normalized spacial score (nSPS) is 12.6. The van der Waals surface area contributed by atoms with Crippen molar-refractivity contribution in [2.24, 2.45) is 0 Å². The summed E-state index contributed by atoms with van der Waals surface area (Å²) in [6.45, 7) is 17.7. The fourth-order valence-electron chi connectivity index (χ4n) is 10.2. The van der Waals surface area contributed by atoms with Gasteiger partial charge in [0.15, 0.2) is 11.6 Å². The Hall–Kier alpha value is -7.95. The van der Waals surface area contributed by atoms with Crippen LogP contribution >= 0.6 is 0 Å². The van der Waals surface area contributed by atoms with Gasteiger partial charge in [0.1, 0.15) is 0 Å². The molecule has 0 atom stereocenters. The minimum atomic E-state index is -0.204. The molecule has 11 aromatic rings. The highest BCUT2D eigenvalue weighted by molar-refractivity contribution is 6.25. The van der Waals surface area contributed by atoms with Crippen LogP contribution in [0.25, 0.3) is 117 Å². The van der Waals surface area contributed by atoms with Crippen LogP contribution in [0.5, 0.6) is 0 Å². The number of para-hydroxylation sites is 1. The Balaban J connectivity index is 0.00000152. The second kappa shape index (κ2) is 15.7. The van der Waals surface area contributed by atoms with E-state index in [2.05, 4.69) is 197 Å². The van der Waals surface area contributed by atoms with Gasteiger partial charge in [-0.1, -0.05) is 217 Å². The summed E-state index contributed by atoms with van der Waals surface area (Å²) in [6.07, 6.45) is 5.19. The quantitative estimate of drug-likeness (QED) is 0.168. The van der Waals surface area contributed by atoms with Gasteiger partial charge in [0.2, 0.25) is 5.95 Å². The summed E-state index contributed by atoms with van der Waals surface area (Å²) in [5.41, 5.74) is 13.3. The van der Waals surface area contributed by atoms with Crippen molar-refractivity contribution in [2.45, 2.75) is 39.5 Å². The minimum Gasteiger partial charge on any atom is -0.277 e. The second-order valence-electron chi connectivity index (χ2n) is 17.6. The molecule has 0 amide bonds. The van der Waals surface area contributed by atoms with E-state index in [0.717, 1.165) is 76.7 Å². The molecular formula is C61H48N4. The Morgan fingerprint density at radius 1 is 0.477 bits per heavy atom. The number of fused-ring (bicyclic) bond motifs is 11. The fraction of sp³-hybridized carbons (Fsp3) is 0.0984. The van der Waals surface area contributed by atoms with Gasteiger partial charge in [-0.05, 0) is 78.0 Å². The van der Waals surface area contributed by atoms with E-state index >= 15 is 0 Å². The van der Waals surface area contributed by atoms with E-state index < -0.39 is 0 Å². The lowest BCUT2D eigenvalue weighted by atomic mass is 9.81. The van der Waals surface area contributed by atoms with E-state index in [0.29, 0.717) is 17.6 Å². The molecule has 65 heavy (non-hydrogen) atoms. The van der Waals surface area contributed by atoms with Crippen LogP contribution < -0.4 is 0 Å². The molecule has 0 fully saturated rings. The van der Waals surface area contributed by atoms with Crippen LogP contribution in [0.15, 0.2) is 183 Å². The van der Waals surface area contributed by atoms with Crippen LogP contribution in [0.3, 0.4) is 0 Å². The number of benzene rings is 9. The third-order valence-electron chi connectivity index (χ3n) is 13.2. The Kier molecular flexibility index (Phi) is 9.62. The molecule has 0 spiro atoms. The lowest BCUT2D eigenvalue weighted by Crippen LogP contribution is -2.15. The smallest absolute Gasteiger partial charge is 0.238 e. The van der Waals surface area contributed by atoms with E-state index in [4.69, 9.17) is 15.0 Å². The molecule has 0 unspecified atom stereocenters. The first-order chi connectivity index (χ1) is 31.8. The van der Waals surface area contributed by atoms with Gasteiger partial charge in [0.25, 0.3) is 0 Å². The number of nitrogens with zero attached hydrogens (tertiary/aromatic N) is 4.